The maximum atomic E-state index is 14.0. The average molecular weight is 371 g/mol. The van der Waals surface area contributed by atoms with E-state index in [9.17, 15) is 17.6 Å². The van der Waals surface area contributed by atoms with Crippen molar-refractivity contribution in [2.75, 3.05) is 25.1 Å². The van der Waals surface area contributed by atoms with E-state index in [1.165, 1.54) is 6.07 Å². The van der Waals surface area contributed by atoms with Gasteiger partial charge in [0, 0.05) is 31.5 Å². The van der Waals surface area contributed by atoms with Crippen molar-refractivity contribution in [1.29, 1.82) is 0 Å². The van der Waals surface area contributed by atoms with E-state index in [0.29, 0.717) is 26.1 Å². The Kier molecular flexibility index (Phi) is 5.10. The zero-order valence-electron chi connectivity index (χ0n) is 13.8. The number of ether oxygens (including phenoxy) is 1. The summed E-state index contributed by atoms with van der Waals surface area (Å²) in [6.07, 6.45) is 2.48. The van der Waals surface area contributed by atoms with Crippen molar-refractivity contribution in [3.8, 4) is 0 Å². The molecule has 1 aliphatic heterocycles. The predicted molar refractivity (Wildman–Crippen MR) is 89.9 cm³/mol. The molecule has 0 spiro atoms. The number of carbonyl (C=O) groups is 1. The van der Waals surface area contributed by atoms with Gasteiger partial charge in [-0.2, -0.15) is 0 Å². The van der Waals surface area contributed by atoms with Crippen LogP contribution in [0, 0.1) is 11.2 Å². The predicted octanol–water partition coefficient (Wildman–Crippen LogP) is 0.960. The molecule has 1 saturated heterocycles. The quantitative estimate of drug-likeness (QED) is 0.690. The lowest BCUT2D eigenvalue weighted by atomic mass is 9.79. The number of amides is 1. The van der Waals surface area contributed by atoms with Crippen LogP contribution in [0.15, 0.2) is 23.1 Å². The molecule has 7 nitrogen and oxygen atoms in total. The highest BCUT2D eigenvalue weighted by Gasteiger charge is 2.39. The van der Waals surface area contributed by atoms with E-state index in [2.05, 4.69) is 10.0 Å². The van der Waals surface area contributed by atoms with Crippen LogP contribution < -0.4 is 15.8 Å². The second-order valence-electron chi connectivity index (χ2n) is 6.59. The molecule has 0 unspecified atom stereocenters. The van der Waals surface area contributed by atoms with E-state index >= 15 is 0 Å². The number of nitrogens with two attached hydrogens (primary N) is 1. The van der Waals surface area contributed by atoms with Crippen LogP contribution in [0.3, 0.4) is 0 Å². The van der Waals surface area contributed by atoms with Crippen molar-refractivity contribution < 1.29 is 22.3 Å². The van der Waals surface area contributed by atoms with Crippen LogP contribution in [0.4, 0.5) is 10.1 Å². The summed E-state index contributed by atoms with van der Waals surface area (Å²) in [5.41, 5.74) is 5.27. The largest absolute Gasteiger partial charge is 0.381 e. The Hall–Kier alpha value is -1.55. The molecule has 0 radical (unpaired) electrons. The van der Waals surface area contributed by atoms with Crippen LogP contribution in [0.1, 0.15) is 25.7 Å². The van der Waals surface area contributed by atoms with Gasteiger partial charge in [0.05, 0.1) is 5.41 Å². The monoisotopic (exact) mass is 371 g/mol. The zero-order valence-corrected chi connectivity index (χ0v) is 14.6. The molecule has 1 heterocycles. The number of carbonyl (C=O) groups excluding carboxylic acids is 1. The molecule has 1 amide bonds. The third-order valence-corrected chi connectivity index (χ3v) is 6.24. The molecule has 1 aromatic carbocycles. The van der Waals surface area contributed by atoms with Gasteiger partial charge in [-0.3, -0.25) is 4.79 Å². The van der Waals surface area contributed by atoms with E-state index in [1.807, 2.05) is 0 Å². The molecule has 3 rings (SSSR count). The van der Waals surface area contributed by atoms with Crippen molar-refractivity contribution in [3.05, 3.63) is 24.0 Å². The molecular weight excluding hydrogens is 349 g/mol. The number of hydrogen-bond acceptors (Lipinski definition) is 5. The number of rotatable bonds is 6. The standard InChI is InChI=1S/C16H22FN3O4S/c17-13-4-3-12(9-14(13)25(22,23)20-11-1-2-11)19-15(21)16(10-18)5-7-24-8-6-16/h3-4,9,11,20H,1-2,5-8,10,18H2,(H,19,21). The number of anilines is 1. The maximum absolute atomic E-state index is 14.0. The van der Waals surface area contributed by atoms with E-state index in [-0.39, 0.29) is 24.2 Å². The van der Waals surface area contributed by atoms with Gasteiger partial charge in [-0.1, -0.05) is 0 Å². The summed E-state index contributed by atoms with van der Waals surface area (Å²) in [5, 5.41) is 2.68. The second-order valence-corrected chi connectivity index (χ2v) is 8.27. The third kappa shape index (κ3) is 4.00. The molecule has 9 heteroatoms. The fourth-order valence-electron chi connectivity index (χ4n) is 2.82. The topological polar surface area (TPSA) is 111 Å². The van der Waals surface area contributed by atoms with Crippen molar-refractivity contribution in [2.24, 2.45) is 11.1 Å². The molecule has 2 fully saturated rings. The Bertz CT molecular complexity index is 759. The number of nitrogens with one attached hydrogen (secondary N) is 2. The summed E-state index contributed by atoms with van der Waals surface area (Å²) < 4.78 is 46.2. The Labute approximate surface area is 146 Å². The molecule has 2 aliphatic rings. The normalized spacial score (nSPS) is 20.2. The molecule has 1 aliphatic carbocycles. The molecule has 25 heavy (non-hydrogen) atoms. The second kappa shape index (κ2) is 6.99. The lowest BCUT2D eigenvalue weighted by Crippen LogP contribution is -2.46. The van der Waals surface area contributed by atoms with Crippen molar-refractivity contribution >= 4 is 21.6 Å². The van der Waals surface area contributed by atoms with Gasteiger partial charge >= 0.3 is 0 Å². The minimum atomic E-state index is -3.95. The SMILES string of the molecule is NCC1(C(=O)Nc2ccc(F)c(S(=O)(=O)NC3CC3)c2)CCOCC1. The summed E-state index contributed by atoms with van der Waals surface area (Å²) in [7, 11) is -3.95. The third-order valence-electron chi connectivity index (χ3n) is 4.70. The minimum absolute atomic E-state index is 0.134. The summed E-state index contributed by atoms with van der Waals surface area (Å²) in [4.78, 5) is 12.2. The first-order chi connectivity index (χ1) is 11.9. The van der Waals surface area contributed by atoms with Crippen LogP contribution in [0.5, 0.6) is 0 Å². The summed E-state index contributed by atoms with van der Waals surface area (Å²) in [6, 6.07) is 3.38. The zero-order chi connectivity index (χ0) is 18.1. The van der Waals surface area contributed by atoms with Crippen LogP contribution in [-0.2, 0) is 19.6 Å². The number of benzene rings is 1. The number of hydrogen-bond donors (Lipinski definition) is 3. The smallest absolute Gasteiger partial charge is 0.243 e. The first-order valence-electron chi connectivity index (χ1n) is 8.27. The van der Waals surface area contributed by atoms with Gasteiger partial charge in [0.15, 0.2) is 0 Å². The minimum Gasteiger partial charge on any atom is -0.381 e. The first-order valence-corrected chi connectivity index (χ1v) is 9.76. The van der Waals surface area contributed by atoms with Crippen molar-refractivity contribution in [1.82, 2.24) is 4.72 Å². The van der Waals surface area contributed by atoms with Crippen molar-refractivity contribution in [2.45, 2.75) is 36.6 Å². The van der Waals surface area contributed by atoms with E-state index < -0.39 is 26.2 Å². The lowest BCUT2D eigenvalue weighted by molar-refractivity contribution is -0.130. The first kappa shape index (κ1) is 18.2. The van der Waals surface area contributed by atoms with E-state index in [1.54, 1.807) is 0 Å². The molecule has 1 aromatic rings. The van der Waals surface area contributed by atoms with Gasteiger partial charge in [0.25, 0.3) is 0 Å². The van der Waals surface area contributed by atoms with Gasteiger partial charge in [-0.25, -0.2) is 17.5 Å². The highest BCUT2D eigenvalue weighted by molar-refractivity contribution is 7.89. The van der Waals surface area contributed by atoms with E-state index in [4.69, 9.17) is 10.5 Å². The van der Waals surface area contributed by atoms with Crippen molar-refractivity contribution in [3.63, 3.8) is 0 Å². The summed E-state index contributed by atoms with van der Waals surface area (Å²) in [6.45, 7) is 1.05. The molecule has 0 bridgehead atoms. The fraction of sp³-hybridized carbons (Fsp3) is 0.562. The van der Waals surface area contributed by atoms with Crippen LogP contribution >= 0.6 is 0 Å². The molecular formula is C16H22FN3O4S. The average Bonchev–Trinajstić information content (AvgIpc) is 3.40. The Morgan fingerprint density at radius 3 is 2.60 bits per heavy atom. The Morgan fingerprint density at radius 2 is 2.00 bits per heavy atom. The Balaban J connectivity index is 1.81. The van der Waals surface area contributed by atoms with Crippen LogP contribution in [0.2, 0.25) is 0 Å². The number of sulfonamides is 1. The highest BCUT2D eigenvalue weighted by atomic mass is 32.2. The Morgan fingerprint density at radius 1 is 1.32 bits per heavy atom. The molecule has 1 saturated carbocycles. The number of halogens is 1. The maximum Gasteiger partial charge on any atom is 0.243 e. The molecule has 138 valence electrons. The molecule has 0 aromatic heterocycles. The van der Waals surface area contributed by atoms with Gasteiger partial charge in [-0.05, 0) is 43.9 Å². The van der Waals surface area contributed by atoms with Crippen LogP contribution in [-0.4, -0.2) is 40.1 Å². The van der Waals surface area contributed by atoms with Gasteiger partial charge in [0.1, 0.15) is 10.7 Å². The van der Waals surface area contributed by atoms with Gasteiger partial charge in [-0.15, -0.1) is 0 Å². The summed E-state index contributed by atoms with van der Waals surface area (Å²) >= 11 is 0. The molecule has 4 N–H and O–H groups in total. The lowest BCUT2D eigenvalue weighted by Gasteiger charge is -2.34. The summed E-state index contributed by atoms with van der Waals surface area (Å²) in [5.74, 6) is -1.16. The fourth-order valence-corrected chi connectivity index (χ4v) is 4.23. The van der Waals surface area contributed by atoms with Crippen LogP contribution in [0.25, 0.3) is 0 Å². The van der Waals surface area contributed by atoms with E-state index in [0.717, 1.165) is 25.0 Å². The highest BCUT2D eigenvalue weighted by Crippen LogP contribution is 2.31. The van der Waals surface area contributed by atoms with Gasteiger partial charge < -0.3 is 15.8 Å². The van der Waals surface area contributed by atoms with Gasteiger partial charge in [0.2, 0.25) is 15.9 Å². The molecule has 0 atom stereocenters.